The van der Waals surface area contributed by atoms with E-state index in [1.807, 2.05) is 0 Å². The van der Waals surface area contributed by atoms with Crippen LogP contribution in [0.3, 0.4) is 0 Å². The Labute approximate surface area is 316 Å². The van der Waals surface area contributed by atoms with Gasteiger partial charge in [-0.1, -0.05) is 186 Å². The molecular formula is C45H87NO5. The van der Waals surface area contributed by atoms with E-state index in [1.165, 1.54) is 161 Å². The normalized spacial score (nSPS) is 14.4. The van der Waals surface area contributed by atoms with Crippen LogP contribution in [0.1, 0.15) is 226 Å². The molecule has 4 atom stereocenters. The quantitative estimate of drug-likeness (QED) is 0.0320. The number of aliphatic hydroxyl groups excluding tert-OH is 4. The second kappa shape index (κ2) is 40.0. The van der Waals surface area contributed by atoms with Crippen LogP contribution >= 0.6 is 0 Å². The van der Waals surface area contributed by atoms with Crippen LogP contribution in [0.5, 0.6) is 0 Å². The number of hydrogen-bond donors (Lipinski definition) is 5. The Hall–Kier alpha value is -1.21. The van der Waals surface area contributed by atoms with Crippen molar-refractivity contribution in [2.45, 2.75) is 250 Å². The number of unbranched alkanes of at least 4 members (excludes halogenated alkanes) is 27. The highest BCUT2D eigenvalue weighted by molar-refractivity contribution is 5.80. The summed E-state index contributed by atoms with van der Waals surface area (Å²) >= 11 is 0. The monoisotopic (exact) mass is 722 g/mol. The summed E-state index contributed by atoms with van der Waals surface area (Å²) in [5.41, 5.74) is 0. The predicted octanol–water partition coefficient (Wildman–Crippen LogP) is 11.6. The van der Waals surface area contributed by atoms with Crippen LogP contribution in [0.4, 0.5) is 0 Å². The van der Waals surface area contributed by atoms with E-state index in [4.69, 9.17) is 0 Å². The van der Waals surface area contributed by atoms with Crippen molar-refractivity contribution in [3.63, 3.8) is 0 Å². The second-order valence-electron chi connectivity index (χ2n) is 15.4. The van der Waals surface area contributed by atoms with Gasteiger partial charge in [-0.3, -0.25) is 4.79 Å². The van der Waals surface area contributed by atoms with Crippen LogP contribution in [0.15, 0.2) is 24.3 Å². The molecule has 4 unspecified atom stereocenters. The van der Waals surface area contributed by atoms with E-state index in [1.54, 1.807) is 0 Å². The maximum atomic E-state index is 12.4. The number of nitrogens with one attached hydrogen (secondary N) is 1. The number of aliphatic hydroxyl groups is 4. The summed E-state index contributed by atoms with van der Waals surface area (Å²) in [5, 5.41) is 43.3. The SMILES string of the molecule is CCCCC/C=C/CCCC(O)C(O)C(CO)NC(=O)C(O)CCCCCCCCCCCCC/C=C\CCCCCCCCCCCCCC. The first-order valence-corrected chi connectivity index (χ1v) is 22.2. The van der Waals surface area contributed by atoms with Crippen LogP contribution in [0.25, 0.3) is 0 Å². The van der Waals surface area contributed by atoms with Crippen molar-refractivity contribution in [2.75, 3.05) is 6.61 Å². The number of rotatable bonds is 40. The molecule has 6 heteroatoms. The van der Waals surface area contributed by atoms with Crippen molar-refractivity contribution in [1.29, 1.82) is 0 Å². The number of carbonyl (C=O) groups is 1. The summed E-state index contributed by atoms with van der Waals surface area (Å²) in [5.74, 6) is -0.596. The van der Waals surface area contributed by atoms with E-state index in [0.717, 1.165) is 38.5 Å². The molecule has 0 aliphatic rings. The fraction of sp³-hybridized carbons (Fsp3) is 0.889. The van der Waals surface area contributed by atoms with Crippen LogP contribution in [0, 0.1) is 0 Å². The Morgan fingerprint density at radius 3 is 1.22 bits per heavy atom. The molecule has 0 spiro atoms. The van der Waals surface area contributed by atoms with Gasteiger partial charge in [0, 0.05) is 0 Å². The van der Waals surface area contributed by atoms with E-state index >= 15 is 0 Å². The molecule has 6 nitrogen and oxygen atoms in total. The van der Waals surface area contributed by atoms with Crippen molar-refractivity contribution in [3.05, 3.63) is 24.3 Å². The summed E-state index contributed by atoms with van der Waals surface area (Å²) in [6.45, 7) is 3.98. The van der Waals surface area contributed by atoms with Gasteiger partial charge in [0.05, 0.1) is 18.8 Å². The Balaban J connectivity index is 3.60. The molecule has 0 aliphatic heterocycles. The fourth-order valence-electron chi connectivity index (χ4n) is 6.81. The Morgan fingerprint density at radius 2 is 0.804 bits per heavy atom. The van der Waals surface area contributed by atoms with Gasteiger partial charge in [-0.2, -0.15) is 0 Å². The summed E-state index contributed by atoms with van der Waals surface area (Å²) in [6, 6.07) is -0.998. The number of amides is 1. The maximum Gasteiger partial charge on any atom is 0.249 e. The zero-order valence-electron chi connectivity index (χ0n) is 33.9. The van der Waals surface area contributed by atoms with Gasteiger partial charge in [0.25, 0.3) is 0 Å². The number of carbonyl (C=O) groups excluding carboxylic acids is 1. The highest BCUT2D eigenvalue weighted by atomic mass is 16.3. The highest BCUT2D eigenvalue weighted by Crippen LogP contribution is 2.16. The van der Waals surface area contributed by atoms with Gasteiger partial charge in [0.2, 0.25) is 5.91 Å². The van der Waals surface area contributed by atoms with Crippen LogP contribution < -0.4 is 5.32 Å². The third-order valence-corrected chi connectivity index (χ3v) is 10.4. The third-order valence-electron chi connectivity index (χ3n) is 10.4. The van der Waals surface area contributed by atoms with Crippen molar-refractivity contribution < 1.29 is 25.2 Å². The summed E-state index contributed by atoms with van der Waals surface area (Å²) in [7, 11) is 0. The first-order valence-electron chi connectivity index (χ1n) is 22.2. The molecule has 0 aromatic heterocycles. The minimum Gasteiger partial charge on any atom is -0.394 e. The number of allylic oxidation sites excluding steroid dienone is 4. The molecule has 0 bridgehead atoms. The first kappa shape index (κ1) is 49.8. The Kier molecular flexibility index (Phi) is 39.0. The highest BCUT2D eigenvalue weighted by Gasteiger charge is 2.28. The average molecular weight is 722 g/mol. The van der Waals surface area contributed by atoms with Crippen LogP contribution in [-0.4, -0.2) is 57.3 Å². The van der Waals surface area contributed by atoms with E-state index in [-0.39, 0.29) is 0 Å². The molecule has 0 fully saturated rings. The maximum absolute atomic E-state index is 12.4. The van der Waals surface area contributed by atoms with Gasteiger partial charge in [-0.15, -0.1) is 0 Å². The summed E-state index contributed by atoms with van der Waals surface area (Å²) < 4.78 is 0. The third kappa shape index (κ3) is 34.3. The molecule has 0 radical (unpaired) electrons. The van der Waals surface area contributed by atoms with Crippen molar-refractivity contribution >= 4 is 5.91 Å². The van der Waals surface area contributed by atoms with Crippen molar-refractivity contribution in [3.8, 4) is 0 Å². The lowest BCUT2D eigenvalue weighted by Crippen LogP contribution is -2.53. The molecule has 0 saturated carbocycles. The van der Waals surface area contributed by atoms with Gasteiger partial charge < -0.3 is 25.7 Å². The Morgan fingerprint density at radius 1 is 0.471 bits per heavy atom. The van der Waals surface area contributed by atoms with Crippen molar-refractivity contribution in [2.24, 2.45) is 0 Å². The number of hydrogen-bond acceptors (Lipinski definition) is 5. The zero-order chi connectivity index (χ0) is 37.5. The lowest BCUT2D eigenvalue weighted by atomic mass is 10.00. The summed E-state index contributed by atoms with van der Waals surface area (Å²) in [6.07, 6.45) is 45.3. The fourth-order valence-corrected chi connectivity index (χ4v) is 6.81. The molecular weight excluding hydrogens is 634 g/mol. The molecule has 0 heterocycles. The molecule has 302 valence electrons. The summed E-state index contributed by atoms with van der Waals surface area (Å²) in [4.78, 5) is 12.4. The first-order chi connectivity index (χ1) is 25.0. The van der Waals surface area contributed by atoms with Gasteiger partial charge >= 0.3 is 0 Å². The molecule has 5 N–H and O–H groups in total. The molecule has 51 heavy (non-hydrogen) atoms. The van der Waals surface area contributed by atoms with Crippen molar-refractivity contribution in [1.82, 2.24) is 5.32 Å². The molecule has 0 aromatic rings. The topological polar surface area (TPSA) is 110 Å². The average Bonchev–Trinajstić information content (AvgIpc) is 3.13. The molecule has 1 amide bonds. The predicted molar refractivity (Wildman–Crippen MR) is 219 cm³/mol. The van der Waals surface area contributed by atoms with E-state index in [9.17, 15) is 25.2 Å². The van der Waals surface area contributed by atoms with Gasteiger partial charge in [-0.05, 0) is 64.2 Å². The van der Waals surface area contributed by atoms with Gasteiger partial charge in [0.1, 0.15) is 12.2 Å². The second-order valence-corrected chi connectivity index (χ2v) is 15.4. The minimum absolute atomic E-state index is 0.363. The van der Waals surface area contributed by atoms with E-state index in [2.05, 4.69) is 43.5 Å². The molecule has 0 aliphatic carbocycles. The smallest absolute Gasteiger partial charge is 0.249 e. The molecule has 0 aromatic carbocycles. The molecule has 0 rings (SSSR count). The Bertz CT molecular complexity index is 772. The van der Waals surface area contributed by atoms with Gasteiger partial charge in [0.15, 0.2) is 0 Å². The molecule has 0 saturated heterocycles. The lowest BCUT2D eigenvalue weighted by molar-refractivity contribution is -0.132. The van der Waals surface area contributed by atoms with E-state index in [0.29, 0.717) is 12.8 Å². The van der Waals surface area contributed by atoms with Crippen LogP contribution in [0.2, 0.25) is 0 Å². The zero-order valence-corrected chi connectivity index (χ0v) is 33.9. The van der Waals surface area contributed by atoms with E-state index < -0.39 is 36.9 Å². The lowest BCUT2D eigenvalue weighted by Gasteiger charge is -2.27. The minimum atomic E-state index is -1.28. The van der Waals surface area contributed by atoms with Gasteiger partial charge in [-0.25, -0.2) is 0 Å². The largest absolute Gasteiger partial charge is 0.394 e. The standard InChI is InChI=1S/C45H87NO5/c1-3-5-7-9-11-13-14-15-16-17-18-19-20-21-22-23-24-25-26-27-28-29-30-31-33-35-37-39-43(49)45(51)46-41(40-47)44(50)42(48)38-36-34-32-12-10-8-6-4-2/h12,21-22,32,41-44,47-50H,3-11,13-20,23-31,33-40H2,1-2H3,(H,46,51)/b22-21-,32-12+. The van der Waals surface area contributed by atoms with Crippen LogP contribution in [-0.2, 0) is 4.79 Å².